The number of halogens is 2. The lowest BCUT2D eigenvalue weighted by molar-refractivity contribution is 0.00578. The van der Waals surface area contributed by atoms with Crippen LogP contribution in [0.1, 0.15) is 50.0 Å². The van der Waals surface area contributed by atoms with E-state index in [2.05, 4.69) is 302 Å². The van der Waals surface area contributed by atoms with Crippen molar-refractivity contribution in [3.8, 4) is 108 Å². The Morgan fingerprint density at radius 3 is 0.822 bits per heavy atom. The first kappa shape index (κ1) is 98.7. The maximum Gasteiger partial charge on any atom is 0.496 e. The second kappa shape index (κ2) is 44.0. The number of aromatic nitrogens is 12. The van der Waals surface area contributed by atoms with Crippen LogP contribution in [0, 0.1) is 0 Å². The first-order chi connectivity index (χ1) is 70.1. The minimum Gasteiger partial charge on any atom is -0.399 e. The van der Waals surface area contributed by atoms with Gasteiger partial charge in [0, 0.05) is 127 Å². The van der Waals surface area contributed by atoms with Crippen molar-refractivity contribution in [1.29, 1.82) is 0 Å². The molecule has 0 radical (unpaired) electrons. The first-order valence-electron chi connectivity index (χ1n) is 47.2. The van der Waals surface area contributed by atoms with Crippen LogP contribution in [-0.4, -0.2) is 76.9 Å². The van der Waals surface area contributed by atoms with Crippen molar-refractivity contribution < 1.29 is 9.31 Å². The Bertz CT molecular complexity index is 8390. The molecule has 0 aliphatic carbocycles. The first-order valence-corrected chi connectivity index (χ1v) is 48.4. The van der Waals surface area contributed by atoms with E-state index < -0.39 is 18.3 Å². The minimum absolute atomic E-state index is 0. The fourth-order valence-corrected chi connectivity index (χ4v) is 18.5. The van der Waals surface area contributed by atoms with Gasteiger partial charge in [-0.25, -0.2) is 34.9 Å². The van der Waals surface area contributed by atoms with Gasteiger partial charge in [0.2, 0.25) is 5.28 Å². The Kier molecular flexibility index (Phi) is 29.7. The number of nitrogen functional groups attached to an aromatic ring is 2. The summed E-state index contributed by atoms with van der Waals surface area (Å²) in [4.78, 5) is 45.2. The summed E-state index contributed by atoms with van der Waals surface area (Å²) in [5.41, 5.74) is 34.8. The van der Waals surface area contributed by atoms with E-state index in [1.54, 1.807) is 0 Å². The average Bonchev–Trinajstić information content (AvgIpc) is 1.50. The van der Waals surface area contributed by atoms with Gasteiger partial charge in [-0.15, -0.1) is 0 Å². The van der Waals surface area contributed by atoms with Crippen molar-refractivity contribution in [1.82, 2.24) is 58.6 Å². The smallest absolute Gasteiger partial charge is 0.399 e. The fourth-order valence-electron chi connectivity index (χ4n) is 18.0. The van der Waals surface area contributed by atoms with E-state index in [4.69, 9.17) is 62.3 Å². The van der Waals surface area contributed by atoms with E-state index in [-0.39, 0.29) is 27.6 Å². The Hall–Kier alpha value is -17.5. The molecule has 18 aromatic carbocycles. The number of nitrogens with zero attached hydrogens (tertiary/aromatic N) is 13. The molecule has 714 valence electrons. The summed E-state index contributed by atoms with van der Waals surface area (Å²) in [5.74, 6) is 4.79. The molecule has 1 fully saturated rings. The zero-order chi connectivity index (χ0) is 97.3. The highest BCUT2D eigenvalue weighted by molar-refractivity contribution is 9.10. The number of anilines is 5. The molecule has 6 aromatic heterocycles. The summed E-state index contributed by atoms with van der Waals surface area (Å²) in [7, 11) is -0.483. The van der Waals surface area contributed by atoms with Gasteiger partial charge in [0.25, 0.3) is 0 Å². The SMILES string of the molecule is Brc1ccccc1.C.C.C.CC1(C)OB(c2cc3c4ccccc4n(-c4ccccc4)c3cc2N)OC1(C)C.Clc1nc(-c2ccccc2)nc(-c2ccccc2)n1.Nc1cc2c(cc1-c1nc(-c3ccccc3)nc(-c3ccccc3)n1)c1ccccc1n2-c1ccccc1.c1ccc(-c2nc(-c3ccccc3)nc(-c3cc4c5ccccc5n(-c5ccccc5)c4cc3N(c3ccccc3)c3ccccc3)n2)cc1. The number of hydrogen-bond donors (Lipinski definition) is 2. The van der Waals surface area contributed by atoms with Crippen LogP contribution in [0.25, 0.3) is 174 Å². The van der Waals surface area contributed by atoms with Gasteiger partial charge in [0.05, 0.1) is 50.0 Å². The molecule has 4 N–H and O–H groups in total. The van der Waals surface area contributed by atoms with Crippen LogP contribution in [0.5, 0.6) is 0 Å². The molecule has 20 heteroatoms. The Morgan fingerprint density at radius 2 is 0.507 bits per heavy atom. The molecule has 146 heavy (non-hydrogen) atoms. The van der Waals surface area contributed by atoms with E-state index in [1.807, 2.05) is 249 Å². The number of para-hydroxylation sites is 8. The number of benzene rings is 18. The van der Waals surface area contributed by atoms with Crippen molar-refractivity contribution in [2.75, 3.05) is 16.4 Å². The van der Waals surface area contributed by atoms with Crippen LogP contribution in [0.2, 0.25) is 5.28 Å². The molecule has 1 aliphatic rings. The number of fused-ring (bicyclic) bond motifs is 9. The Labute approximate surface area is 864 Å². The average molecular weight is 1990 g/mol. The molecule has 0 saturated carbocycles. The zero-order valence-electron chi connectivity index (χ0n) is 78.7. The van der Waals surface area contributed by atoms with Crippen molar-refractivity contribution in [3.63, 3.8) is 0 Å². The van der Waals surface area contributed by atoms with Gasteiger partial charge < -0.3 is 39.4 Å². The van der Waals surface area contributed by atoms with Crippen molar-refractivity contribution in [2.45, 2.75) is 61.2 Å². The molecular weight excluding hydrogens is 1880 g/mol. The van der Waals surface area contributed by atoms with Crippen molar-refractivity contribution in [3.05, 3.63) is 483 Å². The van der Waals surface area contributed by atoms with Gasteiger partial charge in [0.1, 0.15) is 0 Å². The second-order valence-electron chi connectivity index (χ2n) is 35.4. The molecule has 7 heterocycles. The highest BCUT2D eigenvalue weighted by Gasteiger charge is 2.52. The van der Waals surface area contributed by atoms with Gasteiger partial charge in [0.15, 0.2) is 46.6 Å². The predicted molar refractivity (Wildman–Crippen MR) is 611 cm³/mol. The summed E-state index contributed by atoms with van der Waals surface area (Å²) in [6.45, 7) is 8.23. The highest BCUT2D eigenvalue weighted by atomic mass is 79.9. The molecule has 0 amide bonds. The van der Waals surface area contributed by atoms with E-state index >= 15 is 0 Å². The molecule has 0 spiro atoms. The lowest BCUT2D eigenvalue weighted by atomic mass is 9.77. The summed E-state index contributed by atoms with van der Waals surface area (Å²) < 4.78 is 20.5. The number of hydrogen-bond acceptors (Lipinski definition) is 14. The van der Waals surface area contributed by atoms with Crippen LogP contribution >= 0.6 is 27.5 Å². The normalized spacial score (nSPS) is 12.1. The molecule has 25 rings (SSSR count). The van der Waals surface area contributed by atoms with E-state index in [0.717, 1.165) is 149 Å². The maximum absolute atomic E-state index is 6.75. The van der Waals surface area contributed by atoms with Crippen LogP contribution in [0.15, 0.2) is 478 Å². The third-order valence-electron chi connectivity index (χ3n) is 25.6. The third kappa shape index (κ3) is 20.7. The minimum atomic E-state index is -0.483. The zero-order valence-corrected chi connectivity index (χ0v) is 81.0. The lowest BCUT2D eigenvalue weighted by Crippen LogP contribution is -2.41. The summed E-state index contributed by atoms with van der Waals surface area (Å²) in [5, 5.41) is 7.04. The molecule has 0 bridgehead atoms. The van der Waals surface area contributed by atoms with Crippen LogP contribution in [0.4, 0.5) is 28.4 Å². The predicted octanol–water partition coefficient (Wildman–Crippen LogP) is 31.9. The van der Waals surface area contributed by atoms with Crippen LogP contribution < -0.4 is 21.8 Å². The third-order valence-corrected chi connectivity index (χ3v) is 26.3. The Morgan fingerprint density at radius 1 is 0.260 bits per heavy atom. The molecule has 0 atom stereocenters. The number of rotatable bonds is 15. The molecule has 0 unspecified atom stereocenters. The van der Waals surface area contributed by atoms with Gasteiger partial charge in [-0.1, -0.05) is 390 Å². The van der Waals surface area contributed by atoms with Gasteiger partial charge in [-0.2, -0.15) is 9.97 Å². The van der Waals surface area contributed by atoms with Crippen molar-refractivity contribution >= 4 is 134 Å². The monoisotopic (exact) mass is 1990 g/mol. The molecule has 1 saturated heterocycles. The quantitative estimate of drug-likeness (QED) is 0.0724. The summed E-state index contributed by atoms with van der Waals surface area (Å²) in [6, 6.07) is 160. The van der Waals surface area contributed by atoms with E-state index in [9.17, 15) is 0 Å². The second-order valence-corrected chi connectivity index (χ2v) is 36.6. The van der Waals surface area contributed by atoms with Crippen molar-refractivity contribution in [2.24, 2.45) is 0 Å². The van der Waals surface area contributed by atoms with E-state index in [0.29, 0.717) is 58.0 Å². The van der Waals surface area contributed by atoms with Gasteiger partial charge in [-0.05, 0) is 161 Å². The summed E-state index contributed by atoms with van der Waals surface area (Å²) in [6.07, 6.45) is 0. The standard InChI is InChI=1S/C45H31N5.C33H23N5.C24H25BN2O2.C15H10ClN3.C6H5Br.3CH4/c1-6-18-32(19-7-1)43-46-44(33-20-8-2-9-21-33)48-45(47-43)39-30-38-37-28-16-17-29-40(37)50(36-26-14-5-15-27-36)41(38)31-42(39)49(34-22-10-3-11-23-34)35-24-12-4-13-25-35;34-28-21-30-26(25-18-10-11-19-29(25)38(30)24-16-8-3-9-17-24)20-27(28)33-36-31(22-12-4-1-5-13-22)35-32(37-33)23-14-6-2-7-15-23;1-23(2)24(3,4)29-25(28-23)19-14-18-17-12-8-9-13-21(17)27(22(18)15-20(19)26)16-10-6-5-7-11-16;16-15-18-13(11-7-3-1-4-8-11)17-14(19-15)12-9-5-2-6-10-12;7-6-4-2-1-3-5-6;;;/h1-31H;1-21H,34H2;5-15H,26H2,1-4H3;1-10H;1-5H;3*1H4. The van der Waals surface area contributed by atoms with E-state index in [1.165, 1.54) is 5.39 Å². The number of nitrogens with two attached hydrogens (primary N) is 2. The lowest BCUT2D eigenvalue weighted by Gasteiger charge is -2.32. The maximum atomic E-state index is 6.75. The molecular formula is C126H106BBrClN15O2. The molecule has 1 aliphatic heterocycles. The topological polar surface area (TPSA) is 205 Å². The fraction of sp³-hybridized carbons (Fsp3) is 0.0714. The largest absolute Gasteiger partial charge is 0.496 e. The molecule has 24 aromatic rings. The Balaban J connectivity index is 0.000000129. The summed E-state index contributed by atoms with van der Waals surface area (Å²) >= 11 is 9.30. The van der Waals surface area contributed by atoms with Gasteiger partial charge in [-0.3, -0.25) is 0 Å². The highest BCUT2D eigenvalue weighted by Crippen LogP contribution is 2.47. The van der Waals surface area contributed by atoms with Crippen LogP contribution in [-0.2, 0) is 9.31 Å². The van der Waals surface area contributed by atoms with Crippen LogP contribution in [0.3, 0.4) is 0 Å². The molecule has 17 nitrogen and oxygen atoms in total. The van der Waals surface area contributed by atoms with Gasteiger partial charge >= 0.3 is 7.12 Å².